The first-order chi connectivity index (χ1) is 13.0. The van der Waals surface area contributed by atoms with Gasteiger partial charge in [-0.25, -0.2) is 9.78 Å². The molecule has 142 valence electrons. The average molecular weight is 406 g/mol. The molecule has 0 unspecified atom stereocenters. The first kappa shape index (κ1) is 19.2. The van der Waals surface area contributed by atoms with E-state index in [1.165, 1.54) is 15.8 Å². The highest BCUT2D eigenvalue weighted by molar-refractivity contribution is 7.20. The monoisotopic (exact) mass is 405 g/mol. The molecular formula is C18H19N3O4S2. The number of hydrogen-bond donors (Lipinski definition) is 1. The summed E-state index contributed by atoms with van der Waals surface area (Å²) in [5.74, 6) is -0.719. The number of nitrogens with zero attached hydrogens (tertiary/aromatic N) is 2. The molecule has 3 rings (SSSR count). The Morgan fingerprint density at radius 3 is 2.89 bits per heavy atom. The Bertz CT molecular complexity index is 1020. The van der Waals surface area contributed by atoms with Gasteiger partial charge < -0.3 is 10.1 Å². The summed E-state index contributed by atoms with van der Waals surface area (Å²) in [6, 6.07) is 3.98. The number of rotatable bonds is 7. The fraction of sp³-hybridized carbons (Fsp3) is 0.333. The van der Waals surface area contributed by atoms with E-state index < -0.39 is 5.97 Å². The number of nitrogens with one attached hydrogen (secondary N) is 1. The van der Waals surface area contributed by atoms with Crippen molar-refractivity contribution in [1.82, 2.24) is 14.9 Å². The Morgan fingerprint density at radius 1 is 1.37 bits per heavy atom. The number of aromatic nitrogens is 2. The van der Waals surface area contributed by atoms with Crippen molar-refractivity contribution in [3.8, 4) is 0 Å². The van der Waals surface area contributed by atoms with Crippen molar-refractivity contribution in [2.75, 3.05) is 13.2 Å². The molecule has 3 heterocycles. The quantitative estimate of drug-likeness (QED) is 0.610. The fourth-order valence-electron chi connectivity index (χ4n) is 2.65. The molecule has 0 aromatic carbocycles. The normalized spacial score (nSPS) is 10.9. The van der Waals surface area contributed by atoms with Gasteiger partial charge in [-0.15, -0.1) is 22.7 Å². The Hall–Kier alpha value is -2.52. The first-order valence-electron chi connectivity index (χ1n) is 8.46. The summed E-state index contributed by atoms with van der Waals surface area (Å²) in [6.07, 6.45) is 2.09. The fourth-order valence-corrected chi connectivity index (χ4v) is 4.40. The molecule has 7 nitrogen and oxygen atoms in total. The van der Waals surface area contributed by atoms with Crippen LogP contribution in [-0.4, -0.2) is 34.6 Å². The number of fused-ring (bicyclic) bond motifs is 1. The lowest BCUT2D eigenvalue weighted by Gasteiger charge is -2.07. The molecule has 0 atom stereocenters. The van der Waals surface area contributed by atoms with Gasteiger partial charge >= 0.3 is 5.97 Å². The van der Waals surface area contributed by atoms with Crippen molar-refractivity contribution in [2.45, 2.75) is 26.8 Å². The van der Waals surface area contributed by atoms with Crippen LogP contribution in [-0.2, 0) is 22.5 Å². The van der Waals surface area contributed by atoms with Crippen molar-refractivity contribution in [3.63, 3.8) is 0 Å². The first-order valence-corrected chi connectivity index (χ1v) is 10.2. The molecule has 1 amide bonds. The molecule has 0 fully saturated rings. The molecule has 1 N–H and O–H groups in total. The van der Waals surface area contributed by atoms with E-state index in [0.717, 1.165) is 17.8 Å². The molecule has 9 heteroatoms. The van der Waals surface area contributed by atoms with Gasteiger partial charge in [0.05, 0.1) is 18.3 Å². The van der Waals surface area contributed by atoms with E-state index >= 15 is 0 Å². The van der Waals surface area contributed by atoms with Gasteiger partial charge in [-0.2, -0.15) is 0 Å². The van der Waals surface area contributed by atoms with Gasteiger partial charge in [-0.3, -0.25) is 14.2 Å². The van der Waals surface area contributed by atoms with Crippen LogP contribution in [0.1, 0.15) is 27.0 Å². The SMILES string of the molecule is CCOC(=O)c1sc2ncn(CC(=O)NCCc3cccs3)c(=O)c2c1C. The number of ether oxygens (including phenoxy) is 1. The van der Waals surface area contributed by atoms with E-state index in [-0.39, 0.29) is 24.6 Å². The van der Waals surface area contributed by atoms with Crippen molar-refractivity contribution in [3.05, 3.63) is 49.5 Å². The van der Waals surface area contributed by atoms with Crippen LogP contribution >= 0.6 is 22.7 Å². The number of thiophene rings is 2. The van der Waals surface area contributed by atoms with Gasteiger partial charge in [0.1, 0.15) is 16.3 Å². The molecule has 0 bridgehead atoms. The van der Waals surface area contributed by atoms with E-state index in [9.17, 15) is 14.4 Å². The minimum absolute atomic E-state index is 0.115. The summed E-state index contributed by atoms with van der Waals surface area (Å²) in [6.45, 7) is 4.07. The predicted octanol–water partition coefficient (Wildman–Crippen LogP) is 2.36. The maximum absolute atomic E-state index is 12.7. The van der Waals surface area contributed by atoms with Crippen LogP contribution in [0.2, 0.25) is 0 Å². The summed E-state index contributed by atoms with van der Waals surface area (Å²) in [5.41, 5.74) is 0.205. The third-order valence-electron chi connectivity index (χ3n) is 3.97. The van der Waals surface area contributed by atoms with Gasteiger partial charge in [0.15, 0.2) is 0 Å². The largest absolute Gasteiger partial charge is 0.462 e. The van der Waals surface area contributed by atoms with Crippen molar-refractivity contribution in [2.24, 2.45) is 0 Å². The number of hydrogen-bond acceptors (Lipinski definition) is 7. The Morgan fingerprint density at radius 2 is 2.19 bits per heavy atom. The van der Waals surface area contributed by atoms with Crippen LogP contribution in [0.4, 0.5) is 0 Å². The van der Waals surface area contributed by atoms with Crippen molar-refractivity contribution in [1.29, 1.82) is 0 Å². The molecule has 3 aromatic heterocycles. The summed E-state index contributed by atoms with van der Waals surface area (Å²) in [4.78, 5) is 43.2. The Labute approximate surface area is 163 Å². The summed E-state index contributed by atoms with van der Waals surface area (Å²) >= 11 is 2.77. The minimum Gasteiger partial charge on any atom is -0.462 e. The molecular weight excluding hydrogens is 386 g/mol. The maximum atomic E-state index is 12.7. The number of esters is 1. The molecule has 27 heavy (non-hydrogen) atoms. The van der Waals surface area contributed by atoms with Gasteiger partial charge in [-0.05, 0) is 37.3 Å². The van der Waals surface area contributed by atoms with Gasteiger partial charge in [0.25, 0.3) is 5.56 Å². The van der Waals surface area contributed by atoms with Crippen LogP contribution in [0.15, 0.2) is 28.6 Å². The molecule has 0 radical (unpaired) electrons. The standard InChI is InChI=1S/C18H19N3O4S2/c1-3-25-18(24)15-11(2)14-16(27-15)20-10-21(17(14)23)9-13(22)19-7-6-12-5-4-8-26-12/h4-5,8,10H,3,6-7,9H2,1-2H3,(H,19,22). The Balaban J connectivity index is 1.74. The highest BCUT2D eigenvalue weighted by Gasteiger charge is 2.20. The summed E-state index contributed by atoms with van der Waals surface area (Å²) in [5, 5.41) is 5.16. The molecule has 0 aliphatic heterocycles. The Kier molecular flexibility index (Phi) is 6.02. The van der Waals surface area contributed by atoms with Crippen LogP contribution in [0.25, 0.3) is 10.2 Å². The number of amides is 1. The van der Waals surface area contributed by atoms with Crippen LogP contribution in [0.3, 0.4) is 0 Å². The van der Waals surface area contributed by atoms with E-state index in [0.29, 0.717) is 27.2 Å². The van der Waals surface area contributed by atoms with Gasteiger partial charge in [0.2, 0.25) is 5.91 Å². The van der Waals surface area contributed by atoms with Crippen LogP contribution in [0.5, 0.6) is 0 Å². The lowest BCUT2D eigenvalue weighted by atomic mass is 10.2. The highest BCUT2D eigenvalue weighted by Crippen LogP contribution is 2.27. The number of carbonyl (C=O) groups excluding carboxylic acids is 2. The molecule has 0 saturated carbocycles. The lowest BCUT2D eigenvalue weighted by molar-refractivity contribution is -0.121. The molecule has 0 aliphatic rings. The summed E-state index contributed by atoms with van der Waals surface area (Å²) < 4.78 is 6.28. The van der Waals surface area contributed by atoms with Crippen LogP contribution in [0, 0.1) is 6.92 Å². The van der Waals surface area contributed by atoms with E-state index in [2.05, 4.69) is 10.3 Å². The zero-order valence-electron chi connectivity index (χ0n) is 15.0. The third-order valence-corrected chi connectivity index (χ3v) is 6.08. The second kappa shape index (κ2) is 8.45. The second-order valence-electron chi connectivity index (χ2n) is 5.81. The molecule has 0 saturated heterocycles. The van der Waals surface area contributed by atoms with E-state index in [4.69, 9.17) is 4.74 Å². The lowest BCUT2D eigenvalue weighted by Crippen LogP contribution is -2.33. The van der Waals surface area contributed by atoms with Crippen LogP contribution < -0.4 is 10.9 Å². The molecule has 0 aliphatic carbocycles. The smallest absolute Gasteiger partial charge is 0.348 e. The maximum Gasteiger partial charge on any atom is 0.348 e. The zero-order valence-corrected chi connectivity index (χ0v) is 16.6. The van der Waals surface area contributed by atoms with E-state index in [1.54, 1.807) is 25.2 Å². The zero-order chi connectivity index (χ0) is 19.4. The second-order valence-corrected chi connectivity index (χ2v) is 7.85. The predicted molar refractivity (Wildman–Crippen MR) is 106 cm³/mol. The molecule has 0 spiro atoms. The average Bonchev–Trinajstić information content (AvgIpc) is 3.26. The third kappa shape index (κ3) is 4.25. The van der Waals surface area contributed by atoms with Crippen molar-refractivity contribution >= 4 is 44.8 Å². The molecule has 3 aromatic rings. The minimum atomic E-state index is -0.463. The van der Waals surface area contributed by atoms with Gasteiger partial charge in [0, 0.05) is 11.4 Å². The topological polar surface area (TPSA) is 90.3 Å². The summed E-state index contributed by atoms with van der Waals surface area (Å²) in [7, 11) is 0. The van der Waals surface area contributed by atoms with E-state index in [1.807, 2.05) is 17.5 Å². The highest BCUT2D eigenvalue weighted by atomic mass is 32.1. The number of aryl methyl sites for hydroxylation is 1. The van der Waals surface area contributed by atoms with Gasteiger partial charge in [-0.1, -0.05) is 6.07 Å². The number of carbonyl (C=O) groups is 2. The van der Waals surface area contributed by atoms with Crippen molar-refractivity contribution < 1.29 is 14.3 Å².